The third-order valence-electron chi connectivity index (χ3n) is 6.72. The maximum absolute atomic E-state index is 13.7. The number of nitrogens with two attached hydrogens (primary N) is 1. The molecule has 0 atom stereocenters. The second kappa shape index (κ2) is 17.2. The van der Waals surface area contributed by atoms with Crippen LogP contribution in [0.25, 0.3) is 11.3 Å². The topological polar surface area (TPSA) is 76.6 Å². The molecule has 0 radical (unpaired) electrons. The number of terminal acetylenes is 1. The van der Waals surface area contributed by atoms with Gasteiger partial charge in [0, 0.05) is 32.6 Å². The number of aromatic nitrogens is 2. The molecule has 2 heterocycles. The largest absolute Gasteiger partial charge is 0.449 e. The predicted molar refractivity (Wildman–Crippen MR) is 176 cm³/mol. The zero-order valence-electron chi connectivity index (χ0n) is 25.3. The molecule has 224 valence electrons. The summed E-state index contributed by atoms with van der Waals surface area (Å²) in [5, 5.41) is 4.52. The van der Waals surface area contributed by atoms with Crippen LogP contribution in [0.1, 0.15) is 37.0 Å². The predicted octanol–water partition coefficient (Wildman–Crippen LogP) is 6.53. The monoisotopic (exact) mass is 591 g/mol. The van der Waals surface area contributed by atoms with E-state index in [1.54, 1.807) is 18.1 Å². The van der Waals surface area contributed by atoms with Crippen molar-refractivity contribution in [2.75, 3.05) is 43.9 Å². The number of aryl methyl sites for hydroxylation is 2. The van der Waals surface area contributed by atoms with Crippen LogP contribution < -0.4 is 20.9 Å². The first-order valence-corrected chi connectivity index (χ1v) is 14.9. The summed E-state index contributed by atoms with van der Waals surface area (Å²) in [6.45, 7) is 15.0. The van der Waals surface area contributed by atoms with Crippen LogP contribution in [0.4, 0.5) is 10.1 Å². The molecule has 1 aromatic heterocycles. The lowest BCUT2D eigenvalue weighted by molar-refractivity contribution is 0.420. The fourth-order valence-electron chi connectivity index (χ4n) is 4.17. The lowest BCUT2D eigenvalue weighted by Gasteiger charge is -2.35. The van der Waals surface area contributed by atoms with Gasteiger partial charge >= 0.3 is 5.56 Å². The smallest absolute Gasteiger partial charge is 0.316 e. The standard InChI is InChI=1S/C27H32N4O2S.C4H8FN.C2H2/c1-6-20(3)22-9-12-25(21(4)17-22)33-26-24(29-13-15-30(34-5)16-14-29)18-28-31(27(26)32)23-10-7-19(2)8-11-23;1-4(5)2-3-6;1-2/h6-12,17-18H,13-16H2,1-5H3;1-3,6H2;1-2H/b20-6+;;. The van der Waals surface area contributed by atoms with Gasteiger partial charge in [0.05, 0.1) is 17.7 Å². The average Bonchev–Trinajstić information content (AvgIpc) is 3.00. The summed E-state index contributed by atoms with van der Waals surface area (Å²) in [4.78, 5) is 15.9. The van der Waals surface area contributed by atoms with E-state index in [9.17, 15) is 9.18 Å². The maximum Gasteiger partial charge on any atom is 0.316 e. The van der Waals surface area contributed by atoms with Gasteiger partial charge in [0.2, 0.25) is 5.75 Å². The second-order valence-corrected chi connectivity index (χ2v) is 10.5. The van der Waals surface area contributed by atoms with E-state index in [0.29, 0.717) is 24.5 Å². The van der Waals surface area contributed by atoms with E-state index in [0.717, 1.165) is 54.2 Å². The van der Waals surface area contributed by atoms with Crippen molar-refractivity contribution in [2.45, 2.75) is 34.1 Å². The van der Waals surface area contributed by atoms with Gasteiger partial charge in [-0.1, -0.05) is 48.4 Å². The number of ether oxygens (including phenoxy) is 1. The Morgan fingerprint density at radius 3 is 2.29 bits per heavy atom. The van der Waals surface area contributed by atoms with Crippen molar-refractivity contribution in [1.82, 2.24) is 14.1 Å². The summed E-state index contributed by atoms with van der Waals surface area (Å²) in [7, 11) is 0. The summed E-state index contributed by atoms with van der Waals surface area (Å²) in [5.74, 6) is 0.652. The first-order valence-electron chi connectivity index (χ1n) is 13.7. The van der Waals surface area contributed by atoms with Crippen molar-refractivity contribution in [3.05, 3.63) is 94.2 Å². The Labute approximate surface area is 254 Å². The van der Waals surface area contributed by atoms with E-state index in [1.165, 1.54) is 10.3 Å². The Kier molecular flexibility index (Phi) is 14.1. The summed E-state index contributed by atoms with van der Waals surface area (Å²) < 4.78 is 21.6. The molecule has 0 unspecified atom stereocenters. The zero-order valence-corrected chi connectivity index (χ0v) is 26.1. The third-order valence-corrected chi connectivity index (χ3v) is 7.60. The average molecular weight is 592 g/mol. The molecule has 4 rings (SSSR count). The van der Waals surface area contributed by atoms with Crippen LogP contribution in [-0.4, -0.2) is 53.1 Å². The Hall–Kier alpha value is -3.84. The van der Waals surface area contributed by atoms with Crippen molar-refractivity contribution >= 4 is 23.2 Å². The first-order chi connectivity index (χ1) is 20.2. The van der Waals surface area contributed by atoms with Crippen LogP contribution in [0.2, 0.25) is 0 Å². The molecule has 3 aromatic rings. The highest BCUT2D eigenvalue weighted by Crippen LogP contribution is 2.33. The maximum atomic E-state index is 13.7. The Balaban J connectivity index is 0.000000686. The highest BCUT2D eigenvalue weighted by Gasteiger charge is 2.24. The number of hydrogen-bond donors (Lipinski definition) is 1. The van der Waals surface area contributed by atoms with Gasteiger partial charge in [-0.3, -0.25) is 4.79 Å². The second-order valence-electron chi connectivity index (χ2n) is 9.62. The van der Waals surface area contributed by atoms with Gasteiger partial charge in [-0.15, -0.1) is 12.8 Å². The molecule has 2 aromatic carbocycles. The molecule has 1 aliphatic heterocycles. The first kappa shape index (κ1) is 34.4. The number of halogens is 1. The van der Waals surface area contributed by atoms with E-state index >= 15 is 0 Å². The summed E-state index contributed by atoms with van der Waals surface area (Å²) in [5.41, 5.74) is 10.6. The number of nitrogens with zero attached hydrogens (tertiary/aromatic N) is 4. The normalized spacial score (nSPS) is 13.4. The molecule has 7 nitrogen and oxygen atoms in total. The number of rotatable bonds is 8. The van der Waals surface area contributed by atoms with Gasteiger partial charge in [-0.05, 0) is 81.5 Å². The minimum Gasteiger partial charge on any atom is -0.449 e. The van der Waals surface area contributed by atoms with Crippen molar-refractivity contribution in [2.24, 2.45) is 5.73 Å². The number of anilines is 1. The molecule has 0 aliphatic carbocycles. The molecule has 0 bridgehead atoms. The number of piperazine rings is 1. The van der Waals surface area contributed by atoms with Crippen LogP contribution in [0.5, 0.6) is 11.5 Å². The third kappa shape index (κ3) is 9.35. The van der Waals surface area contributed by atoms with E-state index in [4.69, 9.17) is 10.5 Å². The Morgan fingerprint density at radius 1 is 1.14 bits per heavy atom. The van der Waals surface area contributed by atoms with Gasteiger partial charge in [0.15, 0.2) is 0 Å². The van der Waals surface area contributed by atoms with Gasteiger partial charge in [0.25, 0.3) is 0 Å². The van der Waals surface area contributed by atoms with Gasteiger partial charge in [0.1, 0.15) is 11.4 Å². The van der Waals surface area contributed by atoms with Crippen LogP contribution in [0.15, 0.2) is 71.9 Å². The van der Waals surface area contributed by atoms with Crippen LogP contribution >= 0.6 is 11.9 Å². The van der Waals surface area contributed by atoms with Gasteiger partial charge < -0.3 is 15.4 Å². The van der Waals surface area contributed by atoms with E-state index < -0.39 is 0 Å². The molecule has 1 aliphatic rings. The molecule has 0 saturated carbocycles. The lowest BCUT2D eigenvalue weighted by atomic mass is 10.0. The van der Waals surface area contributed by atoms with Crippen LogP contribution in [0.3, 0.4) is 0 Å². The highest BCUT2D eigenvalue weighted by atomic mass is 32.2. The number of benzene rings is 2. The van der Waals surface area contributed by atoms with Crippen LogP contribution in [0, 0.1) is 26.7 Å². The fraction of sp³-hybridized carbons (Fsp3) is 0.333. The minimum atomic E-state index is -0.336. The fourth-order valence-corrected chi connectivity index (χ4v) is 4.70. The SMILES string of the molecule is C#C.C/C=C(\C)c1ccc(Oc2c(N3CCN(SC)CC3)cnn(-c3ccc(C)cc3)c2=O)c(C)c1.C=C(F)CCN. The minimum absolute atomic E-state index is 0.262. The van der Waals surface area contributed by atoms with E-state index in [2.05, 4.69) is 59.1 Å². The quantitative estimate of drug-likeness (QED) is 0.236. The number of hydrogen-bond acceptors (Lipinski definition) is 7. The lowest BCUT2D eigenvalue weighted by Crippen LogP contribution is -2.44. The molecule has 0 spiro atoms. The number of allylic oxidation sites excluding steroid dienone is 2. The van der Waals surface area contributed by atoms with E-state index in [-0.39, 0.29) is 11.4 Å². The molecule has 1 saturated heterocycles. The zero-order chi connectivity index (χ0) is 31.2. The molecule has 1 fully saturated rings. The molecular weight excluding hydrogens is 549 g/mol. The van der Waals surface area contributed by atoms with Crippen molar-refractivity contribution in [1.29, 1.82) is 0 Å². The van der Waals surface area contributed by atoms with E-state index in [1.807, 2.05) is 57.2 Å². The Bertz CT molecular complexity index is 1420. The van der Waals surface area contributed by atoms with Crippen molar-refractivity contribution in [3.63, 3.8) is 0 Å². The van der Waals surface area contributed by atoms with Crippen molar-refractivity contribution < 1.29 is 9.13 Å². The summed E-state index contributed by atoms with van der Waals surface area (Å²) >= 11 is 1.75. The highest BCUT2D eigenvalue weighted by molar-refractivity contribution is 7.96. The molecule has 9 heteroatoms. The summed E-state index contributed by atoms with van der Waals surface area (Å²) in [6.07, 6.45) is 14.2. The Morgan fingerprint density at radius 2 is 1.79 bits per heavy atom. The van der Waals surface area contributed by atoms with Crippen molar-refractivity contribution in [3.8, 4) is 30.0 Å². The summed E-state index contributed by atoms with van der Waals surface area (Å²) in [6, 6.07) is 13.9. The molecule has 0 amide bonds. The van der Waals surface area contributed by atoms with Crippen LogP contribution in [-0.2, 0) is 0 Å². The molecular formula is C33H42FN5O2S. The van der Waals surface area contributed by atoms with Gasteiger partial charge in [-0.25, -0.2) is 8.70 Å². The molecule has 42 heavy (non-hydrogen) atoms. The van der Waals surface area contributed by atoms with Gasteiger partial charge in [-0.2, -0.15) is 9.78 Å². The molecule has 2 N–H and O–H groups in total.